The van der Waals surface area contributed by atoms with Gasteiger partial charge < -0.3 is 30.1 Å². The summed E-state index contributed by atoms with van der Waals surface area (Å²) in [5, 5.41) is 0. The minimum atomic E-state index is -0.875. The van der Waals surface area contributed by atoms with Crippen LogP contribution in [0.3, 0.4) is 0 Å². The zero-order valence-electron chi connectivity index (χ0n) is 35.8. The first-order valence-electron chi connectivity index (χ1n) is 20.6. The molecule has 1 amide bonds. The minimum absolute atomic E-state index is 0.169. The van der Waals surface area contributed by atoms with Crippen molar-refractivity contribution in [2.24, 2.45) is 5.73 Å². The number of amides is 1. The summed E-state index contributed by atoms with van der Waals surface area (Å²) in [4.78, 5) is 72.0. The highest BCUT2D eigenvalue weighted by atomic mass is 16.5. The van der Waals surface area contributed by atoms with E-state index in [9.17, 15) is 19.2 Å². The van der Waals surface area contributed by atoms with Crippen molar-refractivity contribution in [3.63, 3.8) is 0 Å². The number of aromatic nitrogens is 4. The second kappa shape index (κ2) is 14.8. The first-order valence-corrected chi connectivity index (χ1v) is 20.6. The number of aldehydes is 1. The Morgan fingerprint density at radius 1 is 0.883 bits per heavy atom. The fourth-order valence-electron chi connectivity index (χ4n) is 10.8. The van der Waals surface area contributed by atoms with Crippen LogP contribution >= 0.6 is 0 Å². The molecule has 1 aromatic carbocycles. The maximum Gasteiger partial charge on any atom is 0.305 e. The molecular weight excluding hydrogens is 757 g/mol. The normalized spacial score (nSPS) is 20.1. The van der Waals surface area contributed by atoms with E-state index in [2.05, 4.69) is 60.8 Å². The quantitative estimate of drug-likeness (QED) is 0.107. The van der Waals surface area contributed by atoms with E-state index in [-0.39, 0.29) is 24.8 Å². The van der Waals surface area contributed by atoms with Crippen molar-refractivity contribution in [3.05, 3.63) is 104 Å². The molecule has 4 aliphatic rings. The maximum atomic E-state index is 13.9. The first-order chi connectivity index (χ1) is 28.7. The van der Waals surface area contributed by atoms with Gasteiger partial charge in [-0.1, -0.05) is 13.8 Å². The lowest BCUT2D eigenvalue weighted by Crippen LogP contribution is -2.64. The molecule has 1 aliphatic carbocycles. The number of ether oxygens (including phenoxy) is 2. The van der Waals surface area contributed by atoms with E-state index < -0.39 is 22.8 Å². The Balaban J connectivity index is 1.60. The van der Waals surface area contributed by atoms with Gasteiger partial charge in [0.2, 0.25) is 5.91 Å². The van der Waals surface area contributed by atoms with Gasteiger partial charge >= 0.3 is 11.9 Å². The molecule has 0 saturated carbocycles. The number of aromatic amines is 2. The first kappa shape index (κ1) is 40.5. The van der Waals surface area contributed by atoms with Gasteiger partial charge in [0.25, 0.3) is 0 Å². The van der Waals surface area contributed by atoms with Crippen molar-refractivity contribution >= 4 is 69.1 Å². The number of likely N-dealkylation sites (N-methyl/N-ethyl adjacent to an activating group) is 1. The molecule has 8 rings (SSSR count). The van der Waals surface area contributed by atoms with Crippen LogP contribution in [0.5, 0.6) is 0 Å². The zero-order valence-corrected chi connectivity index (χ0v) is 35.8. The van der Waals surface area contributed by atoms with E-state index in [4.69, 9.17) is 25.2 Å². The van der Waals surface area contributed by atoms with Gasteiger partial charge in [-0.2, -0.15) is 0 Å². The second-order valence-electron chi connectivity index (χ2n) is 16.6. The Morgan fingerprint density at radius 3 is 2.05 bits per heavy atom. The fourth-order valence-corrected chi connectivity index (χ4v) is 10.8. The van der Waals surface area contributed by atoms with Crippen molar-refractivity contribution in [2.75, 3.05) is 26.2 Å². The number of benzene rings is 1. The highest BCUT2D eigenvalue weighted by Gasteiger charge is 2.67. The number of nitrogens with two attached hydrogens (primary N) is 1. The van der Waals surface area contributed by atoms with Crippen molar-refractivity contribution in [1.29, 1.82) is 0 Å². The van der Waals surface area contributed by atoms with Crippen LogP contribution < -0.4 is 10.6 Å². The molecule has 3 aliphatic heterocycles. The van der Waals surface area contributed by atoms with Crippen molar-refractivity contribution in [3.8, 4) is 0 Å². The summed E-state index contributed by atoms with van der Waals surface area (Å²) < 4.78 is 10.1. The molecule has 310 valence electrons. The largest absolute Gasteiger partial charge is 0.469 e. The highest BCUT2D eigenvalue weighted by Crippen LogP contribution is 2.64. The Labute approximate surface area is 349 Å². The molecule has 3 atom stereocenters. The van der Waals surface area contributed by atoms with Gasteiger partial charge in [-0.3, -0.25) is 24.2 Å². The zero-order chi connectivity index (χ0) is 43.0. The number of carbonyl (C=O) groups is 4. The molecule has 6 heterocycles. The van der Waals surface area contributed by atoms with E-state index in [0.717, 1.165) is 101 Å². The molecule has 0 fully saturated rings. The van der Waals surface area contributed by atoms with E-state index in [0.29, 0.717) is 36.8 Å². The molecular formula is C48H52N6O6. The number of hydrogen-bond acceptors (Lipinski definition) is 9. The molecule has 0 spiro atoms. The Bertz CT molecular complexity index is 2790. The molecule has 4 aromatic rings. The highest BCUT2D eigenvalue weighted by molar-refractivity contribution is 6.04. The number of methoxy groups -OCH3 is 2. The SMILES string of the molecule is CCC1=C(C)c2nc1cc1[nH]c(cc3[nH]c(cc4nc5c2C=C(C(N)=O)[C@H]2N(C)c6ccc(C=O)cc6[C@]4(C)[C@@]52CC)c(C)c3CCC(=O)OC)c(CCC(=O)OC)c1C. The smallest absolute Gasteiger partial charge is 0.305 e. The van der Waals surface area contributed by atoms with E-state index in [1.54, 1.807) is 6.07 Å². The third-order valence-electron chi connectivity index (χ3n) is 14.0. The molecule has 12 heteroatoms. The van der Waals surface area contributed by atoms with Crippen LogP contribution in [0.15, 0.2) is 42.0 Å². The summed E-state index contributed by atoms with van der Waals surface area (Å²) in [7, 11) is 4.77. The van der Waals surface area contributed by atoms with Crippen molar-refractivity contribution in [1.82, 2.24) is 19.9 Å². The number of allylic oxidation sites excluding steroid dienone is 2. The average Bonchev–Trinajstić information content (AvgIpc) is 3.90. The monoisotopic (exact) mass is 808 g/mol. The van der Waals surface area contributed by atoms with E-state index in [1.807, 2.05) is 39.1 Å². The van der Waals surface area contributed by atoms with Gasteiger partial charge in [0.05, 0.1) is 53.9 Å². The van der Waals surface area contributed by atoms with Crippen LogP contribution in [-0.4, -0.2) is 71.4 Å². The molecule has 0 unspecified atom stereocenters. The number of aryl methyl sites for hydroxylation is 4. The number of nitrogens with one attached hydrogen (secondary N) is 2. The summed E-state index contributed by atoms with van der Waals surface area (Å²) in [5.74, 6) is -1.15. The number of rotatable bonds is 10. The summed E-state index contributed by atoms with van der Waals surface area (Å²) in [5.41, 5.74) is 20.5. The molecule has 8 bridgehead atoms. The third-order valence-corrected chi connectivity index (χ3v) is 14.0. The average molecular weight is 809 g/mol. The molecule has 0 saturated heterocycles. The number of fused-ring (bicyclic) bond motifs is 11. The lowest BCUT2D eigenvalue weighted by molar-refractivity contribution is -0.141. The third kappa shape index (κ3) is 5.70. The van der Waals surface area contributed by atoms with Gasteiger partial charge in [0, 0.05) is 64.3 Å². The van der Waals surface area contributed by atoms with Gasteiger partial charge in [-0.05, 0) is 135 Å². The Morgan fingerprint density at radius 2 is 1.50 bits per heavy atom. The molecule has 4 N–H and O–H groups in total. The summed E-state index contributed by atoms with van der Waals surface area (Å²) in [6.07, 6.45) is 5.27. The second-order valence-corrected chi connectivity index (χ2v) is 16.6. The summed E-state index contributed by atoms with van der Waals surface area (Å²) >= 11 is 0. The van der Waals surface area contributed by atoms with Crippen LogP contribution in [-0.2, 0) is 47.5 Å². The van der Waals surface area contributed by atoms with Crippen molar-refractivity contribution < 1.29 is 28.7 Å². The van der Waals surface area contributed by atoms with Crippen LogP contribution in [0.25, 0.3) is 39.3 Å². The van der Waals surface area contributed by atoms with E-state index in [1.165, 1.54) is 14.2 Å². The van der Waals surface area contributed by atoms with Gasteiger partial charge in [0.1, 0.15) is 6.29 Å². The molecule has 0 radical (unpaired) electrons. The maximum absolute atomic E-state index is 13.9. The predicted octanol–water partition coefficient (Wildman–Crippen LogP) is 7.65. The predicted molar refractivity (Wildman–Crippen MR) is 234 cm³/mol. The van der Waals surface area contributed by atoms with Gasteiger partial charge in [0.15, 0.2) is 0 Å². The lowest BCUT2D eigenvalue weighted by atomic mass is 9.49. The molecule has 3 aromatic heterocycles. The standard InChI is InChI=1S/C48H52N6O6/c1-10-28-26(5)43-31-19-32(46(49)58)45-48(11-2)44(31)53-40(47(48,6)33-18-27(23-55)12-15-39(33)54(45)7)22-35-25(4)30(14-17-42(57)60-9)38(51-35)21-37-29(13-16-41(56)59-8)24(3)34(50-37)20-36(28)52-43/h12,15,18-23,45,50-51H,10-11,13-14,16-17H2,1-9H3,(H2,49,58)/t45-,47+,48+/m1/s1. The number of H-pyrrole nitrogens is 2. The van der Waals surface area contributed by atoms with Crippen LogP contribution in [0.4, 0.5) is 5.69 Å². The minimum Gasteiger partial charge on any atom is -0.469 e. The fraction of sp³-hybridized carbons (Fsp3) is 0.375. The van der Waals surface area contributed by atoms with Crippen LogP contribution in [0.2, 0.25) is 0 Å². The number of primary amides is 1. The Hall–Kier alpha value is -6.30. The summed E-state index contributed by atoms with van der Waals surface area (Å²) in [6, 6.07) is 11.4. The topological polar surface area (TPSA) is 173 Å². The molecule has 60 heavy (non-hydrogen) atoms. The number of nitrogens with zero attached hydrogens (tertiary/aromatic N) is 3. The number of hydrogen-bond donors (Lipinski definition) is 3. The summed E-state index contributed by atoms with van der Waals surface area (Å²) in [6.45, 7) is 12.6. The van der Waals surface area contributed by atoms with Gasteiger partial charge in [-0.25, -0.2) is 4.98 Å². The van der Waals surface area contributed by atoms with Crippen LogP contribution in [0.1, 0.15) is 120 Å². The number of carbonyl (C=O) groups excluding carboxylic acids is 4. The number of esters is 2. The lowest BCUT2D eigenvalue weighted by Gasteiger charge is -2.58. The Kier molecular flexibility index (Phi) is 9.96. The number of anilines is 1. The molecule has 12 nitrogen and oxygen atoms in total. The van der Waals surface area contributed by atoms with Crippen LogP contribution in [0, 0.1) is 13.8 Å². The van der Waals surface area contributed by atoms with Gasteiger partial charge in [-0.15, -0.1) is 0 Å². The van der Waals surface area contributed by atoms with E-state index >= 15 is 0 Å². The van der Waals surface area contributed by atoms with Crippen molar-refractivity contribution in [2.45, 2.75) is 96.9 Å².